The summed E-state index contributed by atoms with van der Waals surface area (Å²) >= 11 is 0. The van der Waals surface area contributed by atoms with Crippen molar-refractivity contribution in [2.24, 2.45) is 0 Å². The standard InChI is InChI=1S/C10H20O2P/c1-3-4-9-12-13(11)10(2)7-5-6-8-10/h3-9H2,1-2H3/q+1. The molecule has 0 heterocycles. The van der Waals surface area contributed by atoms with E-state index in [0.717, 1.165) is 25.7 Å². The summed E-state index contributed by atoms with van der Waals surface area (Å²) < 4.78 is 17.1. The smallest absolute Gasteiger partial charge is 0.146 e. The molecule has 0 aliphatic heterocycles. The molecule has 76 valence electrons. The second-order valence-electron chi connectivity index (χ2n) is 4.15. The second-order valence-corrected chi connectivity index (χ2v) is 6.00. The minimum atomic E-state index is -1.43. The third kappa shape index (κ3) is 3.03. The minimum absolute atomic E-state index is 0.0108. The molecule has 1 aliphatic rings. The molecule has 1 atom stereocenters. The molecule has 1 saturated carbocycles. The summed E-state index contributed by atoms with van der Waals surface area (Å²) in [6.45, 7) is 4.89. The predicted molar refractivity (Wildman–Crippen MR) is 55.3 cm³/mol. The van der Waals surface area contributed by atoms with Gasteiger partial charge in [0.1, 0.15) is 6.61 Å². The van der Waals surface area contributed by atoms with Crippen molar-refractivity contribution < 1.29 is 9.09 Å². The van der Waals surface area contributed by atoms with E-state index in [2.05, 4.69) is 13.8 Å². The Balaban J connectivity index is 2.29. The van der Waals surface area contributed by atoms with E-state index in [1.807, 2.05) is 0 Å². The zero-order chi connectivity index (χ0) is 9.73. The van der Waals surface area contributed by atoms with E-state index in [0.29, 0.717) is 6.61 Å². The average Bonchev–Trinajstić information content (AvgIpc) is 2.54. The van der Waals surface area contributed by atoms with Crippen LogP contribution >= 0.6 is 8.03 Å². The zero-order valence-corrected chi connectivity index (χ0v) is 9.61. The van der Waals surface area contributed by atoms with Gasteiger partial charge < -0.3 is 0 Å². The van der Waals surface area contributed by atoms with E-state index in [-0.39, 0.29) is 5.16 Å². The molecule has 0 N–H and O–H groups in total. The van der Waals surface area contributed by atoms with Crippen molar-refractivity contribution in [2.75, 3.05) is 6.61 Å². The summed E-state index contributed by atoms with van der Waals surface area (Å²) in [6.07, 6.45) is 6.73. The summed E-state index contributed by atoms with van der Waals surface area (Å²) in [6, 6.07) is 0. The number of hydrogen-bond donors (Lipinski definition) is 0. The zero-order valence-electron chi connectivity index (χ0n) is 8.71. The second kappa shape index (κ2) is 5.07. The van der Waals surface area contributed by atoms with Crippen LogP contribution in [0.3, 0.4) is 0 Å². The number of rotatable bonds is 5. The van der Waals surface area contributed by atoms with E-state index < -0.39 is 8.03 Å². The first-order valence-corrected chi connectivity index (χ1v) is 6.47. The maximum Gasteiger partial charge on any atom is 0.514 e. The highest BCUT2D eigenvalue weighted by Gasteiger charge is 2.48. The highest BCUT2D eigenvalue weighted by molar-refractivity contribution is 7.41. The van der Waals surface area contributed by atoms with Crippen molar-refractivity contribution in [3.63, 3.8) is 0 Å². The van der Waals surface area contributed by atoms with Crippen LogP contribution in [0, 0.1) is 0 Å². The fourth-order valence-corrected chi connectivity index (χ4v) is 3.05. The highest BCUT2D eigenvalue weighted by atomic mass is 31.1. The van der Waals surface area contributed by atoms with Crippen LogP contribution < -0.4 is 0 Å². The van der Waals surface area contributed by atoms with Crippen LogP contribution in [0.2, 0.25) is 0 Å². The monoisotopic (exact) mass is 203 g/mol. The predicted octanol–water partition coefficient (Wildman–Crippen LogP) is 3.88. The van der Waals surface area contributed by atoms with Gasteiger partial charge in [-0.2, -0.15) is 0 Å². The van der Waals surface area contributed by atoms with Crippen molar-refractivity contribution in [1.29, 1.82) is 0 Å². The van der Waals surface area contributed by atoms with Gasteiger partial charge in [0.25, 0.3) is 0 Å². The molecule has 0 spiro atoms. The number of unbranched alkanes of at least 4 members (excludes halogenated alkanes) is 1. The van der Waals surface area contributed by atoms with Gasteiger partial charge in [-0.1, -0.05) is 13.3 Å². The van der Waals surface area contributed by atoms with Gasteiger partial charge in [-0.25, -0.2) is 0 Å². The first kappa shape index (κ1) is 11.1. The maximum atomic E-state index is 11.8. The van der Waals surface area contributed by atoms with Crippen LogP contribution in [0.15, 0.2) is 0 Å². The molecular weight excluding hydrogens is 183 g/mol. The molecule has 0 aromatic heterocycles. The Morgan fingerprint density at radius 2 is 2.00 bits per heavy atom. The lowest BCUT2D eigenvalue weighted by Crippen LogP contribution is -2.14. The Hall–Kier alpha value is 0.0600. The Morgan fingerprint density at radius 1 is 1.38 bits per heavy atom. The van der Waals surface area contributed by atoms with Crippen LogP contribution in [0.5, 0.6) is 0 Å². The van der Waals surface area contributed by atoms with E-state index in [1.54, 1.807) is 0 Å². The quantitative estimate of drug-likeness (QED) is 0.500. The lowest BCUT2D eigenvalue weighted by Gasteiger charge is -2.08. The fraction of sp³-hybridized carbons (Fsp3) is 1.00. The highest BCUT2D eigenvalue weighted by Crippen LogP contribution is 2.50. The third-order valence-corrected chi connectivity index (χ3v) is 4.57. The maximum absolute atomic E-state index is 11.8. The van der Waals surface area contributed by atoms with Gasteiger partial charge in [-0.3, -0.25) is 0 Å². The molecular formula is C10H20O2P+. The van der Waals surface area contributed by atoms with Gasteiger partial charge >= 0.3 is 8.03 Å². The molecule has 0 amide bonds. The molecule has 13 heavy (non-hydrogen) atoms. The van der Waals surface area contributed by atoms with Gasteiger partial charge in [0.15, 0.2) is 5.16 Å². The van der Waals surface area contributed by atoms with Crippen LogP contribution in [-0.2, 0) is 9.09 Å². The summed E-state index contributed by atoms with van der Waals surface area (Å²) in [4.78, 5) is 0. The summed E-state index contributed by atoms with van der Waals surface area (Å²) in [7, 11) is -1.43. The molecule has 0 saturated heterocycles. The van der Waals surface area contributed by atoms with Gasteiger partial charge in [-0.15, -0.1) is 4.52 Å². The SMILES string of the molecule is CCCCO[P+](=O)C1(C)CCCC1. The van der Waals surface area contributed by atoms with Gasteiger partial charge in [0.2, 0.25) is 0 Å². The van der Waals surface area contributed by atoms with Crippen molar-refractivity contribution in [3.05, 3.63) is 0 Å². The van der Waals surface area contributed by atoms with Crippen molar-refractivity contribution in [1.82, 2.24) is 0 Å². The Labute approximate surface area is 81.9 Å². The minimum Gasteiger partial charge on any atom is -0.146 e. The van der Waals surface area contributed by atoms with E-state index in [1.165, 1.54) is 12.8 Å². The molecule has 1 aliphatic carbocycles. The van der Waals surface area contributed by atoms with E-state index >= 15 is 0 Å². The first-order chi connectivity index (χ1) is 6.19. The summed E-state index contributed by atoms with van der Waals surface area (Å²) in [5.74, 6) is 0. The first-order valence-electron chi connectivity index (χ1n) is 5.29. The Morgan fingerprint density at radius 3 is 2.54 bits per heavy atom. The third-order valence-electron chi connectivity index (χ3n) is 2.83. The largest absolute Gasteiger partial charge is 0.514 e. The topological polar surface area (TPSA) is 26.3 Å². The normalized spacial score (nSPS) is 21.8. The van der Waals surface area contributed by atoms with Gasteiger partial charge in [0, 0.05) is 0 Å². The van der Waals surface area contributed by atoms with Crippen LogP contribution in [0.4, 0.5) is 0 Å². The lowest BCUT2D eigenvalue weighted by atomic mass is 10.1. The number of hydrogen-bond acceptors (Lipinski definition) is 2. The molecule has 1 rings (SSSR count). The molecule has 2 nitrogen and oxygen atoms in total. The van der Waals surface area contributed by atoms with Crippen LogP contribution in [0.25, 0.3) is 0 Å². The molecule has 1 fully saturated rings. The lowest BCUT2D eigenvalue weighted by molar-refractivity contribution is 0.304. The summed E-state index contributed by atoms with van der Waals surface area (Å²) in [5.41, 5.74) is 0. The van der Waals surface area contributed by atoms with Crippen LogP contribution in [0.1, 0.15) is 52.4 Å². The van der Waals surface area contributed by atoms with Gasteiger partial charge in [0.05, 0.1) is 0 Å². The average molecular weight is 203 g/mol. The molecule has 1 unspecified atom stereocenters. The van der Waals surface area contributed by atoms with Crippen molar-refractivity contribution >= 4 is 8.03 Å². The van der Waals surface area contributed by atoms with Crippen LogP contribution in [-0.4, -0.2) is 11.8 Å². The summed E-state index contributed by atoms with van der Waals surface area (Å²) in [5, 5.41) is -0.0108. The van der Waals surface area contributed by atoms with Crippen molar-refractivity contribution in [3.8, 4) is 0 Å². The molecule has 3 heteroatoms. The molecule has 0 bridgehead atoms. The van der Waals surface area contributed by atoms with Gasteiger partial charge in [-0.05, 0) is 43.6 Å². The van der Waals surface area contributed by atoms with E-state index in [9.17, 15) is 4.57 Å². The molecule has 0 aromatic rings. The fourth-order valence-electron chi connectivity index (χ4n) is 1.77. The molecule has 0 radical (unpaired) electrons. The van der Waals surface area contributed by atoms with E-state index in [4.69, 9.17) is 4.52 Å². The van der Waals surface area contributed by atoms with Crippen molar-refractivity contribution in [2.45, 2.75) is 57.5 Å². The molecule has 0 aromatic carbocycles. The Bertz CT molecular complexity index is 174. The Kier molecular flexibility index (Phi) is 4.34.